The Morgan fingerprint density at radius 2 is 2.11 bits per heavy atom. The van der Waals surface area contributed by atoms with Gasteiger partial charge in [-0.1, -0.05) is 23.7 Å². The molecule has 144 valence electrons. The number of imidazole rings is 1. The zero-order chi connectivity index (χ0) is 20.3. The van der Waals surface area contributed by atoms with E-state index in [0.717, 1.165) is 6.08 Å². The van der Waals surface area contributed by atoms with Gasteiger partial charge in [0.15, 0.2) is 11.3 Å². The molecule has 8 heteroatoms. The molecule has 0 bridgehead atoms. The third-order valence-corrected chi connectivity index (χ3v) is 4.28. The predicted octanol–water partition coefficient (Wildman–Crippen LogP) is 4.02. The summed E-state index contributed by atoms with van der Waals surface area (Å²) >= 11 is 6.09. The molecular formula is C20H17ClFN3O3. The van der Waals surface area contributed by atoms with Gasteiger partial charge >= 0.3 is 5.97 Å². The van der Waals surface area contributed by atoms with Crippen LogP contribution < -0.4 is 5.32 Å². The number of hydrogen-bond acceptors (Lipinski definition) is 4. The molecule has 1 N–H and O–H groups in total. The molecule has 0 saturated heterocycles. The van der Waals surface area contributed by atoms with E-state index in [1.165, 1.54) is 19.1 Å². The van der Waals surface area contributed by atoms with Gasteiger partial charge in [-0.15, -0.1) is 0 Å². The molecule has 3 aromatic rings. The van der Waals surface area contributed by atoms with Gasteiger partial charge in [0.1, 0.15) is 11.5 Å². The zero-order valence-corrected chi connectivity index (χ0v) is 15.9. The molecule has 2 heterocycles. The fourth-order valence-corrected chi connectivity index (χ4v) is 2.70. The van der Waals surface area contributed by atoms with E-state index in [9.17, 15) is 14.0 Å². The highest BCUT2D eigenvalue weighted by atomic mass is 35.5. The Hall–Kier alpha value is -3.19. The van der Waals surface area contributed by atoms with Crippen LogP contribution in [-0.4, -0.2) is 27.4 Å². The number of ether oxygens (including phenoxy) is 1. The van der Waals surface area contributed by atoms with E-state index >= 15 is 0 Å². The first-order valence-corrected chi connectivity index (χ1v) is 8.81. The first kappa shape index (κ1) is 19.6. The van der Waals surface area contributed by atoms with Gasteiger partial charge in [-0.2, -0.15) is 0 Å². The number of pyridine rings is 1. The maximum atomic E-state index is 13.6. The average molecular weight is 402 g/mol. The van der Waals surface area contributed by atoms with Gasteiger partial charge < -0.3 is 10.1 Å². The van der Waals surface area contributed by atoms with E-state index in [4.69, 9.17) is 16.3 Å². The summed E-state index contributed by atoms with van der Waals surface area (Å²) in [5, 5.41) is 2.74. The van der Waals surface area contributed by atoms with Gasteiger partial charge in [0.25, 0.3) is 5.91 Å². The molecule has 0 unspecified atom stereocenters. The Morgan fingerprint density at radius 1 is 1.32 bits per heavy atom. The summed E-state index contributed by atoms with van der Waals surface area (Å²) < 4.78 is 20.4. The molecule has 1 amide bonds. The topological polar surface area (TPSA) is 72.7 Å². The quantitative estimate of drug-likeness (QED) is 0.517. The monoisotopic (exact) mass is 401 g/mol. The standard InChI is InChI=1S/C20H17ClFN3O3/c1-12-6-7-14(11-15(12)22)23-20(27)13(2)28-18(26)9-8-16-19(21)24-17-5-3-4-10-25(16)17/h3-11,13H,1-2H3,(H,23,27)/b9-8+/t13-/m0/s1. The van der Waals surface area contributed by atoms with Crippen molar-refractivity contribution >= 4 is 40.9 Å². The van der Waals surface area contributed by atoms with Crippen molar-refractivity contribution in [2.75, 3.05) is 5.32 Å². The zero-order valence-electron chi connectivity index (χ0n) is 15.1. The number of aryl methyl sites for hydroxylation is 1. The predicted molar refractivity (Wildman–Crippen MR) is 105 cm³/mol. The van der Waals surface area contributed by atoms with Gasteiger partial charge in [-0.05, 0) is 49.8 Å². The molecule has 0 saturated carbocycles. The molecule has 0 aliphatic carbocycles. The summed E-state index contributed by atoms with van der Waals surface area (Å²) in [5.41, 5.74) is 1.90. The highest BCUT2D eigenvalue weighted by molar-refractivity contribution is 6.31. The largest absolute Gasteiger partial charge is 0.449 e. The van der Waals surface area contributed by atoms with Gasteiger partial charge in [-0.25, -0.2) is 14.2 Å². The summed E-state index contributed by atoms with van der Waals surface area (Å²) in [6.07, 6.45) is 3.32. The number of carbonyl (C=O) groups is 2. The van der Waals surface area contributed by atoms with Crippen molar-refractivity contribution in [2.24, 2.45) is 0 Å². The number of rotatable bonds is 5. The fraction of sp³-hybridized carbons (Fsp3) is 0.150. The number of amides is 1. The summed E-state index contributed by atoms with van der Waals surface area (Å²) in [6, 6.07) is 9.72. The first-order valence-electron chi connectivity index (χ1n) is 8.43. The molecule has 3 rings (SSSR count). The second-order valence-corrected chi connectivity index (χ2v) is 6.44. The van der Waals surface area contributed by atoms with Crippen molar-refractivity contribution in [3.8, 4) is 0 Å². The lowest BCUT2D eigenvalue weighted by Gasteiger charge is -2.12. The third kappa shape index (κ3) is 4.37. The number of halogens is 2. The van der Waals surface area contributed by atoms with Gasteiger partial charge in [0.05, 0.1) is 5.69 Å². The van der Waals surface area contributed by atoms with E-state index in [2.05, 4.69) is 10.3 Å². The van der Waals surface area contributed by atoms with Gasteiger partial charge in [0.2, 0.25) is 0 Å². The number of benzene rings is 1. The van der Waals surface area contributed by atoms with Crippen LogP contribution in [0.4, 0.5) is 10.1 Å². The maximum absolute atomic E-state index is 13.6. The number of esters is 1. The molecular weight excluding hydrogens is 385 g/mol. The molecule has 0 aliphatic rings. The van der Waals surface area contributed by atoms with E-state index in [-0.39, 0.29) is 10.8 Å². The number of fused-ring (bicyclic) bond motifs is 1. The third-order valence-electron chi connectivity index (χ3n) is 4.00. The normalized spacial score (nSPS) is 12.3. The molecule has 1 aromatic carbocycles. The van der Waals surface area contributed by atoms with E-state index < -0.39 is 23.8 Å². The Balaban J connectivity index is 1.63. The van der Waals surface area contributed by atoms with Crippen LogP contribution in [0, 0.1) is 12.7 Å². The SMILES string of the molecule is Cc1ccc(NC(=O)[C@H](C)OC(=O)/C=C/c2c(Cl)nc3ccccn23)cc1F. The molecule has 0 fully saturated rings. The average Bonchev–Trinajstić information content (AvgIpc) is 2.98. The smallest absolute Gasteiger partial charge is 0.331 e. The van der Waals surface area contributed by atoms with Crippen LogP contribution in [-0.2, 0) is 14.3 Å². The molecule has 0 aliphatic heterocycles. The molecule has 28 heavy (non-hydrogen) atoms. The molecule has 2 aromatic heterocycles. The Labute approximate surface area is 165 Å². The van der Waals surface area contributed by atoms with Crippen molar-refractivity contribution < 1.29 is 18.7 Å². The lowest BCUT2D eigenvalue weighted by molar-refractivity contribution is -0.148. The fourth-order valence-electron chi connectivity index (χ4n) is 2.46. The number of carbonyl (C=O) groups excluding carboxylic acids is 2. The van der Waals surface area contributed by atoms with Gasteiger partial charge in [0, 0.05) is 18.0 Å². The van der Waals surface area contributed by atoms with Crippen LogP contribution in [0.5, 0.6) is 0 Å². The molecule has 0 radical (unpaired) electrons. The van der Waals surface area contributed by atoms with Crippen LogP contribution in [0.25, 0.3) is 11.7 Å². The Morgan fingerprint density at radius 3 is 2.86 bits per heavy atom. The van der Waals surface area contributed by atoms with Crippen LogP contribution in [0.2, 0.25) is 5.15 Å². The van der Waals surface area contributed by atoms with Crippen molar-refractivity contribution in [3.63, 3.8) is 0 Å². The minimum Gasteiger partial charge on any atom is -0.449 e. The van der Waals surface area contributed by atoms with Crippen LogP contribution in [0.1, 0.15) is 18.2 Å². The highest BCUT2D eigenvalue weighted by Gasteiger charge is 2.17. The van der Waals surface area contributed by atoms with Crippen LogP contribution in [0.15, 0.2) is 48.7 Å². The first-order chi connectivity index (χ1) is 13.3. The van der Waals surface area contributed by atoms with Crippen molar-refractivity contribution in [3.05, 3.63) is 70.9 Å². The van der Waals surface area contributed by atoms with E-state index in [0.29, 0.717) is 16.9 Å². The Kier molecular flexibility index (Phi) is 5.75. The maximum Gasteiger partial charge on any atom is 0.331 e. The van der Waals surface area contributed by atoms with Crippen molar-refractivity contribution in [2.45, 2.75) is 20.0 Å². The highest BCUT2D eigenvalue weighted by Crippen LogP contribution is 2.19. The number of anilines is 1. The second-order valence-electron chi connectivity index (χ2n) is 6.08. The van der Waals surface area contributed by atoms with E-state index in [1.54, 1.807) is 41.8 Å². The molecule has 1 atom stereocenters. The number of hydrogen-bond donors (Lipinski definition) is 1. The van der Waals surface area contributed by atoms with Crippen LogP contribution in [0.3, 0.4) is 0 Å². The lowest BCUT2D eigenvalue weighted by Crippen LogP contribution is -2.29. The van der Waals surface area contributed by atoms with Crippen molar-refractivity contribution in [1.82, 2.24) is 9.38 Å². The molecule has 0 spiro atoms. The summed E-state index contributed by atoms with van der Waals surface area (Å²) in [5.74, 6) is -1.73. The minimum absolute atomic E-state index is 0.238. The second kappa shape index (κ2) is 8.22. The summed E-state index contributed by atoms with van der Waals surface area (Å²) in [7, 11) is 0. The van der Waals surface area contributed by atoms with Crippen molar-refractivity contribution in [1.29, 1.82) is 0 Å². The van der Waals surface area contributed by atoms with E-state index in [1.807, 2.05) is 6.07 Å². The minimum atomic E-state index is -1.07. The van der Waals surface area contributed by atoms with Crippen LogP contribution >= 0.6 is 11.6 Å². The number of nitrogens with zero attached hydrogens (tertiary/aromatic N) is 2. The number of aromatic nitrogens is 2. The summed E-state index contributed by atoms with van der Waals surface area (Å²) in [6.45, 7) is 3.04. The van der Waals surface area contributed by atoms with Gasteiger partial charge in [-0.3, -0.25) is 9.20 Å². The molecule has 6 nitrogen and oxygen atoms in total. The Bertz CT molecular complexity index is 1080. The summed E-state index contributed by atoms with van der Waals surface area (Å²) in [4.78, 5) is 28.3. The number of nitrogens with one attached hydrogen (secondary N) is 1. The lowest BCUT2D eigenvalue weighted by atomic mass is 10.2.